The van der Waals surface area contributed by atoms with Gasteiger partial charge in [-0.25, -0.2) is 22.8 Å². The maximum Gasteiger partial charge on any atom is 0.240 e. The van der Waals surface area contributed by atoms with Gasteiger partial charge in [-0.3, -0.25) is 0 Å². The molecule has 0 radical (unpaired) electrons. The quantitative estimate of drug-likeness (QED) is 0.588. The first-order valence-electron chi connectivity index (χ1n) is 10.0. The van der Waals surface area contributed by atoms with E-state index in [1.165, 1.54) is 18.5 Å². The second-order valence-corrected chi connectivity index (χ2v) is 10.3. The molecule has 1 aliphatic carbocycles. The second-order valence-electron chi connectivity index (χ2n) is 8.53. The summed E-state index contributed by atoms with van der Waals surface area (Å²) < 4.78 is 30.2. The van der Waals surface area contributed by atoms with Crippen molar-refractivity contribution in [2.75, 3.05) is 5.32 Å². The van der Waals surface area contributed by atoms with E-state index in [-0.39, 0.29) is 22.9 Å². The molecule has 9 heteroatoms. The van der Waals surface area contributed by atoms with Crippen LogP contribution >= 0.6 is 0 Å². The number of hydrogen-bond donors (Lipinski definition) is 2. The number of hydrogen-bond acceptors (Lipinski definition) is 6. The van der Waals surface area contributed by atoms with E-state index in [0.29, 0.717) is 11.3 Å². The van der Waals surface area contributed by atoms with Gasteiger partial charge < -0.3 is 5.32 Å². The number of sulfonamides is 1. The molecule has 2 N–H and O–H groups in total. The number of nitriles is 1. The minimum absolute atomic E-state index is 0.0952. The molecule has 3 aromatic rings. The number of benzene rings is 2. The highest BCUT2D eigenvalue weighted by molar-refractivity contribution is 7.89. The molecule has 0 atom stereocenters. The molecule has 1 aromatic heterocycles. The van der Waals surface area contributed by atoms with E-state index in [1.807, 2.05) is 24.3 Å². The van der Waals surface area contributed by atoms with Gasteiger partial charge in [0.25, 0.3) is 0 Å². The lowest BCUT2D eigenvalue weighted by Crippen LogP contribution is -2.41. The van der Waals surface area contributed by atoms with Crippen molar-refractivity contribution in [2.45, 2.75) is 44.2 Å². The third kappa shape index (κ3) is 4.60. The molecule has 4 rings (SSSR count). The van der Waals surface area contributed by atoms with Crippen molar-refractivity contribution in [2.24, 2.45) is 5.41 Å². The molecular formula is C22H24N6O2S. The van der Waals surface area contributed by atoms with Crippen molar-refractivity contribution in [3.8, 4) is 11.8 Å². The fourth-order valence-electron chi connectivity index (χ4n) is 3.98. The van der Waals surface area contributed by atoms with Crippen LogP contribution in [0, 0.1) is 16.7 Å². The maximum atomic E-state index is 13.0. The number of aromatic nitrogens is 3. The zero-order chi connectivity index (χ0) is 22.1. The van der Waals surface area contributed by atoms with E-state index in [1.54, 1.807) is 17.1 Å². The fraction of sp³-hybridized carbons (Fsp3) is 0.318. The lowest BCUT2D eigenvalue weighted by molar-refractivity contribution is 0.167. The molecule has 8 nitrogen and oxygen atoms in total. The molecule has 2 aromatic carbocycles. The average Bonchev–Trinajstić information content (AvgIpc) is 3.26. The van der Waals surface area contributed by atoms with Gasteiger partial charge in [-0.15, -0.1) is 0 Å². The van der Waals surface area contributed by atoms with E-state index >= 15 is 0 Å². The largest absolute Gasteiger partial charge is 0.381 e. The monoisotopic (exact) mass is 436 g/mol. The third-order valence-electron chi connectivity index (χ3n) is 5.49. The van der Waals surface area contributed by atoms with Gasteiger partial charge in [-0.1, -0.05) is 32.0 Å². The van der Waals surface area contributed by atoms with E-state index in [4.69, 9.17) is 0 Å². The predicted molar refractivity (Wildman–Crippen MR) is 117 cm³/mol. The molecule has 1 heterocycles. The van der Waals surface area contributed by atoms with Crippen LogP contribution in [0.15, 0.2) is 60.0 Å². The van der Waals surface area contributed by atoms with Crippen LogP contribution in [0.25, 0.3) is 5.69 Å². The zero-order valence-electron chi connectivity index (χ0n) is 17.4. The molecule has 0 bridgehead atoms. The Morgan fingerprint density at radius 2 is 2.00 bits per heavy atom. The van der Waals surface area contributed by atoms with Gasteiger partial charge in [-0.05, 0) is 48.1 Å². The summed E-state index contributed by atoms with van der Waals surface area (Å²) in [6.07, 6.45) is 4.95. The number of nitrogens with one attached hydrogen (secondary N) is 2. The smallest absolute Gasteiger partial charge is 0.240 e. The molecule has 160 valence electrons. The SMILES string of the molecule is CC1(C)CC(Nc2cc(S(=O)(=O)NCc3ccccc3-n3cncn3)ccc2C#N)C1. The van der Waals surface area contributed by atoms with Crippen molar-refractivity contribution in [3.63, 3.8) is 0 Å². The Labute approximate surface area is 182 Å². The molecular weight excluding hydrogens is 412 g/mol. The summed E-state index contributed by atoms with van der Waals surface area (Å²) in [5.41, 5.74) is 2.76. The van der Waals surface area contributed by atoms with Crippen LogP contribution in [-0.2, 0) is 16.6 Å². The Bertz CT molecular complexity index is 1220. The standard InChI is InChI=1S/C22H24N6O2S/c1-22(2)10-18(11-22)27-20-9-19(8-7-16(20)12-23)31(29,30)26-13-17-5-3-4-6-21(17)28-15-24-14-25-28/h3-9,14-15,18,26-27H,10-11,13H2,1-2H3. The topological polar surface area (TPSA) is 113 Å². The fourth-order valence-corrected chi connectivity index (χ4v) is 5.01. The molecule has 0 amide bonds. The summed E-state index contributed by atoms with van der Waals surface area (Å²) >= 11 is 0. The van der Waals surface area contributed by atoms with Crippen LogP contribution < -0.4 is 10.0 Å². The van der Waals surface area contributed by atoms with Gasteiger partial charge in [0.1, 0.15) is 18.7 Å². The van der Waals surface area contributed by atoms with E-state index in [0.717, 1.165) is 24.1 Å². The molecule has 0 saturated heterocycles. The number of anilines is 1. The third-order valence-corrected chi connectivity index (χ3v) is 6.89. The van der Waals surface area contributed by atoms with E-state index < -0.39 is 10.0 Å². The Hall–Kier alpha value is -3.22. The molecule has 1 saturated carbocycles. The van der Waals surface area contributed by atoms with Crippen molar-refractivity contribution in [1.82, 2.24) is 19.5 Å². The van der Waals surface area contributed by atoms with Crippen LogP contribution in [0.1, 0.15) is 37.8 Å². The first kappa shape index (κ1) is 21.0. The van der Waals surface area contributed by atoms with Gasteiger partial charge in [0.15, 0.2) is 0 Å². The van der Waals surface area contributed by atoms with Crippen molar-refractivity contribution >= 4 is 15.7 Å². The van der Waals surface area contributed by atoms with Gasteiger partial charge >= 0.3 is 0 Å². The molecule has 0 spiro atoms. The van der Waals surface area contributed by atoms with Crippen LogP contribution in [0.2, 0.25) is 0 Å². The van der Waals surface area contributed by atoms with Crippen LogP contribution in [0.5, 0.6) is 0 Å². The molecule has 1 aliphatic rings. The lowest BCUT2D eigenvalue weighted by atomic mass is 9.68. The van der Waals surface area contributed by atoms with Crippen LogP contribution in [-0.4, -0.2) is 29.2 Å². The zero-order valence-corrected chi connectivity index (χ0v) is 18.2. The summed E-state index contributed by atoms with van der Waals surface area (Å²) in [5, 5.41) is 16.9. The first-order valence-corrected chi connectivity index (χ1v) is 11.5. The predicted octanol–water partition coefficient (Wildman–Crippen LogP) is 3.22. The number of nitrogens with zero attached hydrogens (tertiary/aromatic N) is 4. The highest BCUT2D eigenvalue weighted by atomic mass is 32.2. The molecule has 0 unspecified atom stereocenters. The van der Waals surface area contributed by atoms with E-state index in [9.17, 15) is 13.7 Å². The summed E-state index contributed by atoms with van der Waals surface area (Å²) in [6.45, 7) is 4.48. The van der Waals surface area contributed by atoms with E-state index in [2.05, 4.69) is 40.0 Å². The molecule has 1 fully saturated rings. The highest BCUT2D eigenvalue weighted by Crippen LogP contribution is 2.41. The second kappa shape index (κ2) is 8.13. The normalized spacial score (nSPS) is 15.8. The minimum atomic E-state index is -3.78. The molecule has 0 aliphatic heterocycles. The van der Waals surface area contributed by atoms with Gasteiger partial charge in [-0.2, -0.15) is 10.4 Å². The number of rotatable bonds is 7. The first-order chi connectivity index (χ1) is 14.8. The average molecular weight is 437 g/mol. The molecule has 31 heavy (non-hydrogen) atoms. The minimum Gasteiger partial charge on any atom is -0.381 e. The van der Waals surface area contributed by atoms with Gasteiger partial charge in [0, 0.05) is 12.6 Å². The summed E-state index contributed by atoms with van der Waals surface area (Å²) in [6, 6.07) is 14.3. The van der Waals surface area contributed by atoms with Gasteiger partial charge in [0.2, 0.25) is 10.0 Å². The Morgan fingerprint density at radius 3 is 2.68 bits per heavy atom. The lowest BCUT2D eigenvalue weighted by Gasteiger charge is -2.43. The van der Waals surface area contributed by atoms with Crippen LogP contribution in [0.4, 0.5) is 5.69 Å². The van der Waals surface area contributed by atoms with Crippen molar-refractivity contribution in [1.29, 1.82) is 5.26 Å². The van der Waals surface area contributed by atoms with Crippen molar-refractivity contribution in [3.05, 3.63) is 66.2 Å². The highest BCUT2D eigenvalue weighted by Gasteiger charge is 2.36. The summed E-state index contributed by atoms with van der Waals surface area (Å²) in [7, 11) is -3.78. The van der Waals surface area contributed by atoms with Crippen molar-refractivity contribution < 1.29 is 8.42 Å². The van der Waals surface area contributed by atoms with Gasteiger partial charge in [0.05, 0.1) is 21.8 Å². The summed E-state index contributed by atoms with van der Waals surface area (Å²) in [4.78, 5) is 4.06. The Kier molecular flexibility index (Phi) is 5.52. The number of para-hydroxylation sites is 1. The Morgan fingerprint density at radius 1 is 1.23 bits per heavy atom. The Balaban J connectivity index is 1.53. The maximum absolute atomic E-state index is 13.0. The summed E-state index contributed by atoms with van der Waals surface area (Å²) in [5.74, 6) is 0. The van der Waals surface area contributed by atoms with Crippen LogP contribution in [0.3, 0.4) is 0 Å².